The molecule has 0 aromatic heterocycles. The van der Waals surface area contributed by atoms with E-state index in [1.54, 1.807) is 0 Å². The van der Waals surface area contributed by atoms with Gasteiger partial charge in [-0.1, -0.05) is 398 Å². The molecule has 0 radical (unpaired) electrons. The first-order valence-electron chi connectivity index (χ1n) is 38.9. The van der Waals surface area contributed by atoms with E-state index < -0.39 is 12.1 Å². The van der Waals surface area contributed by atoms with Gasteiger partial charge in [-0.15, -0.1) is 0 Å². The molecule has 6 nitrogen and oxygen atoms in total. The molecule has 0 aromatic carbocycles. The molecule has 1 amide bonds. The molecule has 0 aliphatic carbocycles. The van der Waals surface area contributed by atoms with Crippen molar-refractivity contribution in [3.8, 4) is 0 Å². The number of aliphatic hydroxyl groups excluding tert-OH is 2. The Morgan fingerprint density at radius 2 is 0.560 bits per heavy atom. The number of allylic oxidation sites excluding steroid dienone is 2. The third-order valence-corrected chi connectivity index (χ3v) is 18.6. The first-order chi connectivity index (χ1) is 41.5. The van der Waals surface area contributed by atoms with Gasteiger partial charge in [0.05, 0.1) is 25.4 Å². The summed E-state index contributed by atoms with van der Waals surface area (Å²) in [5, 5.41) is 23.4. The third kappa shape index (κ3) is 69.7. The Balaban J connectivity index is 3.31. The Morgan fingerprint density at radius 1 is 0.321 bits per heavy atom. The fourth-order valence-corrected chi connectivity index (χ4v) is 12.6. The summed E-state index contributed by atoms with van der Waals surface area (Å²) >= 11 is 0. The van der Waals surface area contributed by atoms with Gasteiger partial charge in [-0.2, -0.15) is 0 Å². The number of rotatable bonds is 74. The van der Waals surface area contributed by atoms with Crippen LogP contribution < -0.4 is 5.32 Å². The number of hydrogen-bond donors (Lipinski definition) is 3. The number of esters is 1. The van der Waals surface area contributed by atoms with Gasteiger partial charge in [-0.3, -0.25) is 9.59 Å². The van der Waals surface area contributed by atoms with Crippen LogP contribution in [0.25, 0.3) is 0 Å². The average molecular weight is 1190 g/mol. The first kappa shape index (κ1) is 82.6. The Labute approximate surface area is 527 Å². The van der Waals surface area contributed by atoms with Crippen molar-refractivity contribution in [3.05, 3.63) is 12.2 Å². The molecule has 2 atom stereocenters. The van der Waals surface area contributed by atoms with Crippen LogP contribution in [0.15, 0.2) is 12.2 Å². The molecule has 6 heteroatoms. The van der Waals surface area contributed by atoms with Crippen molar-refractivity contribution in [1.29, 1.82) is 0 Å². The lowest BCUT2D eigenvalue weighted by molar-refractivity contribution is -0.143. The number of amides is 1. The van der Waals surface area contributed by atoms with Gasteiger partial charge in [0, 0.05) is 12.8 Å². The van der Waals surface area contributed by atoms with Crippen molar-refractivity contribution in [2.75, 3.05) is 13.2 Å². The molecule has 84 heavy (non-hydrogen) atoms. The van der Waals surface area contributed by atoms with Gasteiger partial charge < -0.3 is 20.3 Å². The van der Waals surface area contributed by atoms with E-state index in [2.05, 4.69) is 31.3 Å². The normalized spacial score (nSPS) is 12.5. The van der Waals surface area contributed by atoms with Gasteiger partial charge in [0.2, 0.25) is 5.91 Å². The molecule has 0 saturated carbocycles. The molecule has 0 heterocycles. The minimum absolute atomic E-state index is 0.0254. The van der Waals surface area contributed by atoms with Crippen LogP contribution in [0.2, 0.25) is 0 Å². The maximum absolute atomic E-state index is 12.5. The standard InChI is InChI=1S/C78H153NO5/c1-3-5-7-9-11-13-15-17-42-46-50-54-58-62-66-70-76(81)75(74-80)79-77(82)71-67-63-59-55-51-47-44-40-38-36-34-32-30-28-26-24-22-20-19-21-23-25-27-29-31-33-35-37-39-41-45-49-53-57-61-65-69-73-84-78(83)72-68-64-60-56-52-48-43-18-16-14-12-10-8-6-4-2/h19,21,75-76,80-81H,3-18,20,22-74H2,1-2H3,(H,79,82)/b21-19-. The molecule has 0 saturated heterocycles. The van der Waals surface area contributed by atoms with E-state index in [-0.39, 0.29) is 18.5 Å². The lowest BCUT2D eigenvalue weighted by Crippen LogP contribution is -2.45. The third-order valence-electron chi connectivity index (χ3n) is 18.6. The van der Waals surface area contributed by atoms with Crippen molar-refractivity contribution < 1.29 is 24.5 Å². The van der Waals surface area contributed by atoms with Crippen LogP contribution in [0.5, 0.6) is 0 Å². The monoisotopic (exact) mass is 1180 g/mol. The van der Waals surface area contributed by atoms with Gasteiger partial charge in [0.15, 0.2) is 0 Å². The number of aliphatic hydroxyl groups is 2. The zero-order chi connectivity index (χ0) is 60.6. The second-order valence-corrected chi connectivity index (χ2v) is 27.0. The van der Waals surface area contributed by atoms with Gasteiger partial charge in [0.1, 0.15) is 0 Å². The minimum Gasteiger partial charge on any atom is -0.466 e. The summed E-state index contributed by atoms with van der Waals surface area (Å²) in [7, 11) is 0. The molecule has 0 aliphatic heterocycles. The number of carbonyl (C=O) groups excluding carboxylic acids is 2. The molecule has 0 fully saturated rings. The van der Waals surface area contributed by atoms with Crippen LogP contribution in [-0.2, 0) is 14.3 Å². The Kier molecular flexibility index (Phi) is 72.8. The van der Waals surface area contributed by atoms with Gasteiger partial charge in [-0.25, -0.2) is 0 Å². The van der Waals surface area contributed by atoms with Crippen LogP contribution in [0, 0.1) is 0 Å². The summed E-state index contributed by atoms with van der Waals surface area (Å²) < 4.78 is 5.51. The largest absolute Gasteiger partial charge is 0.466 e. The second kappa shape index (κ2) is 74.1. The quantitative estimate of drug-likeness (QED) is 0.0320. The van der Waals surface area contributed by atoms with E-state index in [1.165, 1.54) is 379 Å². The van der Waals surface area contributed by atoms with E-state index in [9.17, 15) is 19.8 Å². The van der Waals surface area contributed by atoms with Crippen molar-refractivity contribution in [3.63, 3.8) is 0 Å². The van der Waals surface area contributed by atoms with Crippen molar-refractivity contribution in [2.45, 2.75) is 463 Å². The van der Waals surface area contributed by atoms with Crippen molar-refractivity contribution >= 4 is 11.9 Å². The van der Waals surface area contributed by atoms with Gasteiger partial charge in [0.25, 0.3) is 0 Å². The fraction of sp³-hybridized carbons (Fsp3) is 0.949. The number of nitrogens with one attached hydrogen (secondary N) is 1. The SMILES string of the molecule is CCCCCCCCCCCCCCCCCC(=O)OCCCCCCCCCCCCCCCCCC/C=C\CCCCCCCCCCCCCCCCCCCC(=O)NC(CO)C(O)CCCCCCCCCCCCCCCCC. The lowest BCUT2D eigenvalue weighted by Gasteiger charge is -2.22. The van der Waals surface area contributed by atoms with E-state index in [4.69, 9.17) is 4.74 Å². The molecule has 0 bridgehead atoms. The highest BCUT2D eigenvalue weighted by Crippen LogP contribution is 2.20. The van der Waals surface area contributed by atoms with Crippen LogP contribution in [0.4, 0.5) is 0 Å². The van der Waals surface area contributed by atoms with Crippen molar-refractivity contribution in [1.82, 2.24) is 5.32 Å². The first-order valence-corrected chi connectivity index (χ1v) is 38.9. The number of hydrogen-bond acceptors (Lipinski definition) is 5. The lowest BCUT2D eigenvalue weighted by atomic mass is 10.0. The fourth-order valence-electron chi connectivity index (χ4n) is 12.6. The number of ether oxygens (including phenoxy) is 1. The summed E-state index contributed by atoms with van der Waals surface area (Å²) in [5.41, 5.74) is 0. The molecule has 500 valence electrons. The number of carbonyl (C=O) groups is 2. The topological polar surface area (TPSA) is 95.9 Å². The second-order valence-electron chi connectivity index (χ2n) is 27.0. The maximum atomic E-state index is 12.5. The minimum atomic E-state index is -0.660. The van der Waals surface area contributed by atoms with E-state index in [0.29, 0.717) is 25.9 Å². The molecule has 0 rings (SSSR count). The zero-order valence-electron chi connectivity index (χ0n) is 57.4. The Hall–Kier alpha value is -1.40. The predicted octanol–water partition coefficient (Wildman–Crippen LogP) is 25.5. The van der Waals surface area contributed by atoms with Gasteiger partial charge >= 0.3 is 5.97 Å². The van der Waals surface area contributed by atoms with Crippen LogP contribution >= 0.6 is 0 Å². The molecule has 2 unspecified atom stereocenters. The maximum Gasteiger partial charge on any atom is 0.305 e. The van der Waals surface area contributed by atoms with E-state index in [1.807, 2.05) is 0 Å². The molecule has 0 aromatic rings. The predicted molar refractivity (Wildman–Crippen MR) is 370 cm³/mol. The average Bonchev–Trinajstić information content (AvgIpc) is 3.53. The summed E-state index contributed by atoms with van der Waals surface area (Å²) in [6, 6.07) is -0.537. The highest BCUT2D eigenvalue weighted by molar-refractivity contribution is 5.76. The smallest absolute Gasteiger partial charge is 0.305 e. The molecular formula is C78H153NO5. The summed E-state index contributed by atoms with van der Waals surface area (Å²) in [6.07, 6.45) is 93.1. The van der Waals surface area contributed by atoms with Crippen LogP contribution in [-0.4, -0.2) is 47.4 Å². The summed E-state index contributed by atoms with van der Waals surface area (Å²) in [4.78, 5) is 24.6. The van der Waals surface area contributed by atoms with Crippen LogP contribution in [0.3, 0.4) is 0 Å². The highest BCUT2D eigenvalue weighted by Gasteiger charge is 2.20. The molecular weight excluding hydrogens is 1030 g/mol. The highest BCUT2D eigenvalue weighted by atomic mass is 16.5. The molecule has 0 aliphatic rings. The summed E-state index contributed by atoms with van der Waals surface area (Å²) in [6.45, 7) is 5.01. The van der Waals surface area contributed by atoms with E-state index >= 15 is 0 Å². The van der Waals surface area contributed by atoms with Crippen molar-refractivity contribution in [2.24, 2.45) is 0 Å². The van der Waals surface area contributed by atoms with Crippen LogP contribution in [0.1, 0.15) is 450 Å². The Bertz CT molecular complexity index is 1270. The molecule has 0 spiro atoms. The summed E-state index contributed by atoms with van der Waals surface area (Å²) in [5.74, 6) is -0.00174. The molecule has 3 N–H and O–H groups in total. The van der Waals surface area contributed by atoms with E-state index in [0.717, 1.165) is 38.5 Å². The Morgan fingerprint density at radius 3 is 0.845 bits per heavy atom. The van der Waals surface area contributed by atoms with Gasteiger partial charge in [-0.05, 0) is 51.4 Å². The number of unbranched alkanes of at least 4 members (excludes halogenated alkanes) is 61. The zero-order valence-corrected chi connectivity index (χ0v) is 57.4.